The zero-order chi connectivity index (χ0) is 14.6. The van der Waals surface area contributed by atoms with E-state index in [2.05, 4.69) is 12.2 Å². The van der Waals surface area contributed by atoms with Gasteiger partial charge in [0.2, 0.25) is 10.0 Å². The molecule has 0 aliphatic carbocycles. The van der Waals surface area contributed by atoms with Gasteiger partial charge in [-0.2, -0.15) is 4.31 Å². The summed E-state index contributed by atoms with van der Waals surface area (Å²) >= 11 is 0. The molecule has 0 fully saturated rings. The topological polar surface area (TPSA) is 67.9 Å². The van der Waals surface area contributed by atoms with Gasteiger partial charge >= 0.3 is 0 Å². The summed E-state index contributed by atoms with van der Waals surface area (Å²) in [4.78, 5) is 0. The normalized spacial score (nSPS) is 12.2. The van der Waals surface area contributed by atoms with E-state index < -0.39 is 10.0 Å². The van der Waals surface area contributed by atoms with Crippen LogP contribution in [0.5, 0.6) is 0 Å². The highest BCUT2D eigenvalue weighted by molar-refractivity contribution is 7.89. The van der Waals surface area contributed by atoms with E-state index in [4.69, 9.17) is 9.47 Å². The smallest absolute Gasteiger partial charge is 0.215 e. The third-order valence-corrected chi connectivity index (χ3v) is 4.53. The molecular formula is C12H28N2O4S. The van der Waals surface area contributed by atoms with E-state index in [-0.39, 0.29) is 5.75 Å². The maximum absolute atomic E-state index is 12.2. The number of hydrogen-bond acceptors (Lipinski definition) is 5. The highest BCUT2D eigenvalue weighted by atomic mass is 32.2. The number of nitrogens with zero attached hydrogens (tertiary/aromatic N) is 1. The number of nitrogens with one attached hydrogen (secondary N) is 1. The fraction of sp³-hybridized carbons (Fsp3) is 1.00. The van der Waals surface area contributed by atoms with Crippen molar-refractivity contribution in [3.8, 4) is 0 Å². The van der Waals surface area contributed by atoms with Crippen molar-refractivity contribution in [1.29, 1.82) is 0 Å². The molecule has 0 spiro atoms. The van der Waals surface area contributed by atoms with E-state index >= 15 is 0 Å². The lowest BCUT2D eigenvalue weighted by Crippen LogP contribution is -2.39. The first-order valence-corrected chi connectivity index (χ1v) is 8.35. The molecule has 1 N–H and O–H groups in total. The second-order valence-electron chi connectivity index (χ2n) is 4.30. The molecule has 0 unspecified atom stereocenters. The highest BCUT2D eigenvalue weighted by Gasteiger charge is 2.20. The van der Waals surface area contributed by atoms with Crippen LogP contribution in [-0.4, -0.2) is 72.1 Å². The monoisotopic (exact) mass is 296 g/mol. The van der Waals surface area contributed by atoms with Crippen LogP contribution in [0.3, 0.4) is 0 Å². The van der Waals surface area contributed by atoms with Crippen LogP contribution < -0.4 is 5.32 Å². The Hall–Kier alpha value is -0.210. The molecule has 0 saturated heterocycles. The molecule has 0 radical (unpaired) electrons. The number of hydrogen-bond donors (Lipinski definition) is 1. The standard InChI is InChI=1S/C12H28N2O4S/c1-4-6-13-7-12-19(15,16)14(9-11-18-3)8-5-10-17-2/h13H,4-12H2,1-3H3. The molecule has 116 valence electrons. The van der Waals surface area contributed by atoms with Crippen molar-refractivity contribution in [2.24, 2.45) is 0 Å². The minimum Gasteiger partial charge on any atom is -0.385 e. The van der Waals surface area contributed by atoms with Gasteiger partial charge < -0.3 is 14.8 Å². The molecule has 7 heteroatoms. The molecule has 0 bridgehead atoms. The predicted octanol–water partition coefficient (Wildman–Crippen LogP) is 0.301. The summed E-state index contributed by atoms with van der Waals surface area (Å²) in [7, 11) is -0.0343. The van der Waals surface area contributed by atoms with Crippen molar-refractivity contribution in [1.82, 2.24) is 9.62 Å². The Kier molecular flexibility index (Phi) is 11.5. The van der Waals surface area contributed by atoms with E-state index in [9.17, 15) is 8.42 Å². The van der Waals surface area contributed by atoms with Crippen LogP contribution in [0.25, 0.3) is 0 Å². The summed E-state index contributed by atoms with van der Waals surface area (Å²) in [6, 6.07) is 0. The lowest BCUT2D eigenvalue weighted by Gasteiger charge is -2.21. The number of methoxy groups -OCH3 is 2. The van der Waals surface area contributed by atoms with Gasteiger partial charge in [0.15, 0.2) is 0 Å². The molecule has 6 nitrogen and oxygen atoms in total. The van der Waals surface area contributed by atoms with Crippen LogP contribution in [-0.2, 0) is 19.5 Å². The van der Waals surface area contributed by atoms with Crippen molar-refractivity contribution >= 4 is 10.0 Å². The van der Waals surface area contributed by atoms with Gasteiger partial charge in [-0.15, -0.1) is 0 Å². The molecule has 0 aliphatic rings. The van der Waals surface area contributed by atoms with Gasteiger partial charge in [0.05, 0.1) is 12.4 Å². The average Bonchev–Trinajstić information content (AvgIpc) is 2.38. The summed E-state index contributed by atoms with van der Waals surface area (Å²) in [5.41, 5.74) is 0. The summed E-state index contributed by atoms with van der Waals surface area (Å²) < 4.78 is 35.8. The number of ether oxygens (including phenoxy) is 2. The Balaban J connectivity index is 4.26. The Bertz CT molecular complexity index is 296. The first-order valence-electron chi connectivity index (χ1n) is 6.75. The number of sulfonamides is 1. The van der Waals surface area contributed by atoms with Gasteiger partial charge in [0.1, 0.15) is 0 Å². The van der Waals surface area contributed by atoms with Crippen molar-refractivity contribution in [3.63, 3.8) is 0 Å². The molecule has 0 aromatic carbocycles. The third kappa shape index (κ3) is 9.34. The summed E-state index contributed by atoms with van der Waals surface area (Å²) in [6.07, 6.45) is 1.70. The first-order chi connectivity index (χ1) is 9.08. The van der Waals surface area contributed by atoms with Crippen LogP contribution >= 0.6 is 0 Å². The van der Waals surface area contributed by atoms with Crippen molar-refractivity contribution in [3.05, 3.63) is 0 Å². The molecule has 0 heterocycles. The van der Waals surface area contributed by atoms with Crippen molar-refractivity contribution in [2.75, 3.05) is 59.4 Å². The Morgan fingerprint density at radius 3 is 2.32 bits per heavy atom. The summed E-state index contributed by atoms with van der Waals surface area (Å²) in [5.74, 6) is 0.129. The quantitative estimate of drug-likeness (QED) is 0.495. The van der Waals surface area contributed by atoms with E-state index in [0.29, 0.717) is 39.3 Å². The Morgan fingerprint density at radius 2 is 1.74 bits per heavy atom. The third-order valence-electron chi connectivity index (χ3n) is 2.66. The minimum absolute atomic E-state index is 0.129. The van der Waals surface area contributed by atoms with E-state index in [1.165, 1.54) is 4.31 Å². The first kappa shape index (κ1) is 18.8. The molecule has 0 aliphatic heterocycles. The zero-order valence-corrected chi connectivity index (χ0v) is 13.2. The highest BCUT2D eigenvalue weighted by Crippen LogP contribution is 2.03. The fourth-order valence-electron chi connectivity index (χ4n) is 1.60. The second-order valence-corrected chi connectivity index (χ2v) is 6.39. The van der Waals surface area contributed by atoms with Crippen LogP contribution in [0.2, 0.25) is 0 Å². The van der Waals surface area contributed by atoms with E-state index in [1.807, 2.05) is 0 Å². The molecule has 0 aromatic heterocycles. The van der Waals surface area contributed by atoms with Crippen LogP contribution in [0.15, 0.2) is 0 Å². The van der Waals surface area contributed by atoms with Gasteiger partial charge in [-0.25, -0.2) is 8.42 Å². The molecule has 19 heavy (non-hydrogen) atoms. The molecule has 0 aromatic rings. The Morgan fingerprint density at radius 1 is 1.05 bits per heavy atom. The van der Waals surface area contributed by atoms with Crippen molar-refractivity contribution in [2.45, 2.75) is 19.8 Å². The molecule has 0 amide bonds. The zero-order valence-electron chi connectivity index (χ0n) is 12.4. The molecule has 0 saturated carbocycles. The fourth-order valence-corrected chi connectivity index (χ4v) is 3.02. The average molecular weight is 296 g/mol. The predicted molar refractivity (Wildman–Crippen MR) is 76.9 cm³/mol. The van der Waals surface area contributed by atoms with E-state index in [1.54, 1.807) is 14.2 Å². The number of rotatable bonds is 13. The van der Waals surface area contributed by atoms with Crippen LogP contribution in [0.4, 0.5) is 0 Å². The molecule has 0 rings (SSSR count). The largest absolute Gasteiger partial charge is 0.385 e. The van der Waals surface area contributed by atoms with Gasteiger partial charge in [-0.05, 0) is 19.4 Å². The van der Waals surface area contributed by atoms with Crippen LogP contribution in [0.1, 0.15) is 19.8 Å². The minimum atomic E-state index is -3.22. The van der Waals surface area contributed by atoms with Gasteiger partial charge in [0, 0.05) is 40.5 Å². The SMILES string of the molecule is CCCNCCS(=O)(=O)N(CCCOC)CCOC. The molecule has 0 atom stereocenters. The maximum atomic E-state index is 12.2. The van der Waals surface area contributed by atoms with Gasteiger partial charge in [0.25, 0.3) is 0 Å². The summed E-state index contributed by atoms with van der Waals surface area (Å²) in [5, 5.41) is 3.11. The van der Waals surface area contributed by atoms with Crippen molar-refractivity contribution < 1.29 is 17.9 Å². The van der Waals surface area contributed by atoms with E-state index in [0.717, 1.165) is 13.0 Å². The lowest BCUT2D eigenvalue weighted by atomic mass is 10.4. The van der Waals surface area contributed by atoms with Crippen LogP contribution in [0, 0.1) is 0 Å². The molecular weight excluding hydrogens is 268 g/mol. The maximum Gasteiger partial charge on any atom is 0.215 e. The van der Waals surface area contributed by atoms with Gasteiger partial charge in [-0.3, -0.25) is 0 Å². The summed E-state index contributed by atoms with van der Waals surface area (Å²) in [6.45, 7) is 5.24. The lowest BCUT2D eigenvalue weighted by molar-refractivity contribution is 0.164. The van der Waals surface area contributed by atoms with Gasteiger partial charge in [-0.1, -0.05) is 6.92 Å². The second kappa shape index (κ2) is 11.6. The Labute approximate surface area is 117 Å².